The summed E-state index contributed by atoms with van der Waals surface area (Å²) in [7, 11) is 0. The van der Waals surface area contributed by atoms with Gasteiger partial charge in [-0.05, 0) is 5.56 Å². The van der Waals surface area contributed by atoms with E-state index < -0.39 is 0 Å². The van der Waals surface area contributed by atoms with Crippen LogP contribution in [0.2, 0.25) is 0 Å². The first-order valence-corrected chi connectivity index (χ1v) is 6.86. The third-order valence-corrected chi connectivity index (χ3v) is 2.71. The van der Waals surface area contributed by atoms with Crippen LogP contribution in [0.25, 0.3) is 0 Å². The lowest BCUT2D eigenvalue weighted by Gasteiger charge is -2.16. The van der Waals surface area contributed by atoms with Gasteiger partial charge in [-0.2, -0.15) is 0 Å². The zero-order valence-electron chi connectivity index (χ0n) is 10.2. The Kier molecular flexibility index (Phi) is 7.37. The lowest BCUT2D eigenvalue weighted by molar-refractivity contribution is -0.148. The van der Waals surface area contributed by atoms with E-state index in [2.05, 4.69) is 22.5 Å². The van der Waals surface area contributed by atoms with Gasteiger partial charge in [0.25, 0.3) is 0 Å². The van der Waals surface area contributed by atoms with E-state index in [0.29, 0.717) is 19.6 Å². The van der Waals surface area contributed by atoms with Gasteiger partial charge in [0.15, 0.2) is 0 Å². The zero-order chi connectivity index (χ0) is 13.2. The molecule has 0 N–H and O–H groups in total. The van der Waals surface area contributed by atoms with Gasteiger partial charge in [-0.15, -0.1) is 6.58 Å². The highest BCUT2D eigenvalue weighted by molar-refractivity contribution is 9.09. The molecule has 0 amide bonds. The van der Waals surface area contributed by atoms with Crippen LogP contribution in [0.15, 0.2) is 43.0 Å². The molecule has 0 aliphatic heterocycles. The minimum absolute atomic E-state index is 0.194. The van der Waals surface area contributed by atoms with Gasteiger partial charge in [-0.3, -0.25) is 4.79 Å². The van der Waals surface area contributed by atoms with Crippen LogP contribution in [-0.4, -0.2) is 24.0 Å². The molecule has 0 saturated heterocycles. The molecule has 0 aromatic heterocycles. The van der Waals surface area contributed by atoms with Crippen molar-refractivity contribution in [2.75, 3.05) is 11.9 Å². The number of hydrogen-bond acceptors (Lipinski definition) is 3. The van der Waals surface area contributed by atoms with Crippen LogP contribution in [-0.2, 0) is 20.9 Å². The van der Waals surface area contributed by atoms with Crippen molar-refractivity contribution in [3.05, 3.63) is 48.6 Å². The number of ether oxygens (including phenoxy) is 2. The van der Waals surface area contributed by atoms with Gasteiger partial charge in [0.2, 0.25) is 0 Å². The van der Waals surface area contributed by atoms with E-state index in [1.165, 1.54) is 0 Å². The zero-order valence-corrected chi connectivity index (χ0v) is 11.8. The Balaban J connectivity index is 2.33. The molecule has 98 valence electrons. The fourth-order valence-electron chi connectivity index (χ4n) is 1.44. The fraction of sp³-hybridized carbons (Fsp3) is 0.357. The highest BCUT2D eigenvalue weighted by Crippen LogP contribution is 2.06. The Bertz CT molecular complexity index is 365. The maximum absolute atomic E-state index is 11.2. The monoisotopic (exact) mass is 312 g/mol. The number of benzene rings is 1. The number of carbonyl (C=O) groups is 1. The molecule has 0 bridgehead atoms. The van der Waals surface area contributed by atoms with Gasteiger partial charge < -0.3 is 9.47 Å². The number of halogens is 1. The van der Waals surface area contributed by atoms with Crippen molar-refractivity contribution in [1.82, 2.24) is 0 Å². The summed E-state index contributed by atoms with van der Waals surface area (Å²) in [4.78, 5) is 11.2. The Labute approximate surface area is 116 Å². The maximum atomic E-state index is 11.2. The van der Waals surface area contributed by atoms with Crippen LogP contribution in [0.5, 0.6) is 0 Å². The third-order valence-electron chi connectivity index (χ3n) is 2.25. The molecule has 1 aromatic carbocycles. The molecule has 0 heterocycles. The molecule has 1 aromatic rings. The van der Waals surface area contributed by atoms with Gasteiger partial charge in [0, 0.05) is 6.42 Å². The fourth-order valence-corrected chi connectivity index (χ4v) is 1.57. The van der Waals surface area contributed by atoms with E-state index in [1.54, 1.807) is 6.08 Å². The SMILES string of the molecule is C=CC[C@H](COCc1ccccc1)OC(=O)CBr. The standard InChI is InChI=1S/C14H17BrO3/c1-2-6-13(18-14(16)9-15)11-17-10-12-7-4-3-5-8-12/h2-5,7-8,13H,1,6,9-11H2/t13-/m1/s1. The summed E-state index contributed by atoms with van der Waals surface area (Å²) in [6, 6.07) is 9.87. The van der Waals surface area contributed by atoms with Crippen LogP contribution < -0.4 is 0 Å². The Morgan fingerprint density at radius 1 is 1.39 bits per heavy atom. The minimum Gasteiger partial charge on any atom is -0.459 e. The average Bonchev–Trinajstić information content (AvgIpc) is 2.40. The second kappa shape index (κ2) is 8.89. The molecular weight excluding hydrogens is 296 g/mol. The molecule has 0 aliphatic carbocycles. The predicted molar refractivity (Wildman–Crippen MR) is 74.6 cm³/mol. The topological polar surface area (TPSA) is 35.5 Å². The third kappa shape index (κ3) is 5.98. The van der Waals surface area contributed by atoms with E-state index in [1.807, 2.05) is 30.3 Å². The number of alkyl halides is 1. The van der Waals surface area contributed by atoms with Crippen LogP contribution in [0, 0.1) is 0 Å². The molecule has 0 saturated carbocycles. The summed E-state index contributed by atoms with van der Waals surface area (Å²) in [5.74, 6) is -0.287. The first kappa shape index (κ1) is 14.9. The van der Waals surface area contributed by atoms with Crippen LogP contribution in [0.3, 0.4) is 0 Å². The summed E-state index contributed by atoms with van der Waals surface area (Å²) >= 11 is 3.06. The molecule has 1 atom stereocenters. The van der Waals surface area contributed by atoms with Gasteiger partial charge in [-0.25, -0.2) is 0 Å². The minimum atomic E-state index is -0.287. The Hall–Kier alpha value is -1.13. The van der Waals surface area contributed by atoms with Crippen LogP contribution >= 0.6 is 15.9 Å². The van der Waals surface area contributed by atoms with E-state index >= 15 is 0 Å². The number of hydrogen-bond donors (Lipinski definition) is 0. The summed E-state index contributed by atoms with van der Waals surface area (Å²) in [5.41, 5.74) is 1.10. The quantitative estimate of drug-likeness (QED) is 0.420. The molecule has 1 rings (SSSR count). The van der Waals surface area contributed by atoms with Crippen molar-refractivity contribution >= 4 is 21.9 Å². The predicted octanol–water partition coefficient (Wildman–Crippen LogP) is 3.09. The molecular formula is C14H17BrO3. The Morgan fingerprint density at radius 2 is 2.11 bits per heavy atom. The summed E-state index contributed by atoms with van der Waals surface area (Å²) in [6.07, 6.45) is 2.04. The number of esters is 1. The van der Waals surface area contributed by atoms with Gasteiger partial charge >= 0.3 is 5.97 Å². The lowest BCUT2D eigenvalue weighted by Crippen LogP contribution is -2.23. The smallest absolute Gasteiger partial charge is 0.316 e. The molecule has 0 spiro atoms. The average molecular weight is 313 g/mol. The van der Waals surface area contributed by atoms with Crippen molar-refractivity contribution in [2.45, 2.75) is 19.1 Å². The lowest BCUT2D eigenvalue weighted by atomic mass is 10.2. The van der Waals surface area contributed by atoms with Crippen molar-refractivity contribution in [1.29, 1.82) is 0 Å². The van der Waals surface area contributed by atoms with Crippen LogP contribution in [0.1, 0.15) is 12.0 Å². The largest absolute Gasteiger partial charge is 0.459 e. The highest BCUT2D eigenvalue weighted by atomic mass is 79.9. The van der Waals surface area contributed by atoms with Crippen molar-refractivity contribution in [3.63, 3.8) is 0 Å². The molecule has 4 heteroatoms. The molecule has 0 aliphatic rings. The summed E-state index contributed by atoms with van der Waals surface area (Å²) in [6.45, 7) is 4.53. The van der Waals surface area contributed by atoms with E-state index in [-0.39, 0.29) is 17.4 Å². The van der Waals surface area contributed by atoms with Crippen molar-refractivity contribution < 1.29 is 14.3 Å². The Morgan fingerprint density at radius 3 is 2.72 bits per heavy atom. The van der Waals surface area contributed by atoms with Crippen molar-refractivity contribution in [2.24, 2.45) is 0 Å². The molecule has 0 radical (unpaired) electrons. The summed E-state index contributed by atoms with van der Waals surface area (Å²) in [5, 5.41) is 0.194. The second-order valence-electron chi connectivity index (χ2n) is 3.77. The van der Waals surface area contributed by atoms with Gasteiger partial charge in [0.1, 0.15) is 11.4 Å². The maximum Gasteiger partial charge on any atom is 0.316 e. The van der Waals surface area contributed by atoms with Gasteiger partial charge in [0.05, 0.1) is 13.2 Å². The second-order valence-corrected chi connectivity index (χ2v) is 4.33. The van der Waals surface area contributed by atoms with E-state index in [4.69, 9.17) is 9.47 Å². The first-order valence-electron chi connectivity index (χ1n) is 5.74. The molecule has 0 unspecified atom stereocenters. The van der Waals surface area contributed by atoms with Crippen molar-refractivity contribution in [3.8, 4) is 0 Å². The molecule has 3 nitrogen and oxygen atoms in total. The number of rotatable bonds is 8. The first-order chi connectivity index (χ1) is 8.76. The molecule has 0 fully saturated rings. The normalized spacial score (nSPS) is 11.8. The highest BCUT2D eigenvalue weighted by Gasteiger charge is 2.12. The van der Waals surface area contributed by atoms with E-state index in [0.717, 1.165) is 5.56 Å². The number of carbonyl (C=O) groups excluding carboxylic acids is 1. The molecule has 18 heavy (non-hydrogen) atoms. The van der Waals surface area contributed by atoms with Crippen LogP contribution in [0.4, 0.5) is 0 Å². The van der Waals surface area contributed by atoms with Gasteiger partial charge in [-0.1, -0.05) is 52.3 Å². The summed E-state index contributed by atoms with van der Waals surface area (Å²) < 4.78 is 10.7. The van der Waals surface area contributed by atoms with E-state index in [9.17, 15) is 4.79 Å².